The molecule has 0 aromatic rings. The third-order valence-corrected chi connectivity index (χ3v) is 1.75. The molecule has 60 valence electrons. The first-order chi connectivity index (χ1) is 5.39. The van der Waals surface area contributed by atoms with Gasteiger partial charge >= 0.3 is 44.9 Å². The maximum atomic E-state index is 4.14. The Morgan fingerprint density at radius 2 is 1.73 bits per heavy atom. The molecule has 11 heavy (non-hydrogen) atoms. The summed E-state index contributed by atoms with van der Waals surface area (Å²) >= 11 is 4.14. The SMILES string of the molecule is C1=CCC=C1.[Co][C]1=CC=CC1. The second-order valence-corrected chi connectivity index (χ2v) is 2.98. The minimum absolute atomic E-state index is 1.03. The molecule has 0 fully saturated rings. The summed E-state index contributed by atoms with van der Waals surface area (Å²) in [6.45, 7) is 0. The molecule has 0 unspecified atom stereocenters. The second kappa shape index (κ2) is 5.16. The van der Waals surface area contributed by atoms with E-state index in [9.17, 15) is 0 Å². The first-order valence-corrected chi connectivity index (χ1v) is 4.22. The van der Waals surface area contributed by atoms with Gasteiger partial charge in [-0.1, -0.05) is 24.3 Å². The van der Waals surface area contributed by atoms with Crippen LogP contribution in [-0.4, -0.2) is 0 Å². The van der Waals surface area contributed by atoms with Crippen molar-refractivity contribution in [1.82, 2.24) is 0 Å². The molecular formula is C10H11Co. The van der Waals surface area contributed by atoms with Gasteiger partial charge in [0.05, 0.1) is 0 Å². The predicted octanol–water partition coefficient (Wildman–Crippen LogP) is 2.88. The van der Waals surface area contributed by atoms with Crippen LogP contribution < -0.4 is 0 Å². The van der Waals surface area contributed by atoms with E-state index in [1.54, 1.807) is 0 Å². The molecule has 0 saturated heterocycles. The van der Waals surface area contributed by atoms with Gasteiger partial charge in [-0.05, 0) is 6.42 Å². The van der Waals surface area contributed by atoms with Crippen molar-refractivity contribution < 1.29 is 15.7 Å². The minimum atomic E-state index is 1.03. The van der Waals surface area contributed by atoms with Crippen LogP contribution in [0.1, 0.15) is 12.8 Å². The van der Waals surface area contributed by atoms with Crippen molar-refractivity contribution in [1.29, 1.82) is 0 Å². The molecular weight excluding hydrogens is 179 g/mol. The molecule has 0 nitrogen and oxygen atoms in total. The van der Waals surface area contributed by atoms with Gasteiger partial charge in [0.1, 0.15) is 0 Å². The monoisotopic (exact) mass is 190 g/mol. The Morgan fingerprint density at radius 1 is 1.00 bits per heavy atom. The molecule has 0 heterocycles. The standard InChI is InChI=1S/C5H6.C5H5.Co/c2*1-2-4-5-3-1;/h1-4H,5H2;1-3H,4H2;. The fraction of sp³-hybridized carbons (Fsp3) is 0.200. The molecule has 2 rings (SSSR count). The average Bonchev–Trinajstić information content (AvgIpc) is 2.57. The summed E-state index contributed by atoms with van der Waals surface area (Å²) in [6, 6.07) is 0. The predicted molar refractivity (Wildman–Crippen MR) is 44.7 cm³/mol. The molecule has 0 saturated carbocycles. The van der Waals surface area contributed by atoms with Crippen LogP contribution in [0.4, 0.5) is 0 Å². The zero-order valence-corrected chi connectivity index (χ0v) is 7.33. The molecule has 0 aliphatic heterocycles. The molecule has 0 N–H and O–H groups in total. The van der Waals surface area contributed by atoms with Crippen LogP contribution >= 0.6 is 0 Å². The summed E-state index contributed by atoms with van der Waals surface area (Å²) in [5, 5.41) is 0. The van der Waals surface area contributed by atoms with Crippen LogP contribution in [0.15, 0.2) is 47.0 Å². The molecule has 2 aliphatic rings. The molecule has 2 aliphatic carbocycles. The molecule has 0 spiro atoms. The van der Waals surface area contributed by atoms with E-state index in [0.717, 1.165) is 17.3 Å². The summed E-state index contributed by atoms with van der Waals surface area (Å²) < 4.78 is 1.16. The molecule has 0 radical (unpaired) electrons. The van der Waals surface area contributed by atoms with E-state index in [-0.39, 0.29) is 0 Å². The van der Waals surface area contributed by atoms with Crippen LogP contribution in [-0.2, 0) is 15.7 Å². The number of hydrogen-bond acceptors (Lipinski definition) is 0. The van der Waals surface area contributed by atoms with Gasteiger partial charge in [-0.25, -0.2) is 0 Å². The zero-order chi connectivity index (χ0) is 7.94. The first-order valence-electron chi connectivity index (χ1n) is 3.70. The normalized spacial score (nSPS) is 18.2. The van der Waals surface area contributed by atoms with Gasteiger partial charge in [-0.2, -0.15) is 0 Å². The van der Waals surface area contributed by atoms with Gasteiger partial charge < -0.3 is 0 Å². The van der Waals surface area contributed by atoms with Crippen molar-refractivity contribution in [2.75, 3.05) is 0 Å². The van der Waals surface area contributed by atoms with E-state index in [0.29, 0.717) is 0 Å². The van der Waals surface area contributed by atoms with Gasteiger partial charge in [0.2, 0.25) is 0 Å². The fourth-order valence-electron chi connectivity index (χ4n) is 0.804. The van der Waals surface area contributed by atoms with Gasteiger partial charge in [-0.3, -0.25) is 0 Å². The van der Waals surface area contributed by atoms with Crippen molar-refractivity contribution in [3.8, 4) is 0 Å². The van der Waals surface area contributed by atoms with E-state index >= 15 is 0 Å². The Bertz CT molecular complexity index is 209. The zero-order valence-electron chi connectivity index (χ0n) is 6.29. The van der Waals surface area contributed by atoms with E-state index in [2.05, 4.69) is 46.1 Å². The van der Waals surface area contributed by atoms with Crippen LogP contribution in [0.25, 0.3) is 0 Å². The van der Waals surface area contributed by atoms with Crippen molar-refractivity contribution in [2.24, 2.45) is 0 Å². The van der Waals surface area contributed by atoms with E-state index in [1.807, 2.05) is 12.2 Å². The Labute approximate surface area is 76.0 Å². The van der Waals surface area contributed by atoms with Gasteiger partial charge in [0.25, 0.3) is 0 Å². The summed E-state index contributed by atoms with van der Waals surface area (Å²) in [7, 11) is 0. The summed E-state index contributed by atoms with van der Waals surface area (Å²) in [6.07, 6.45) is 16.6. The number of rotatable bonds is 0. The van der Waals surface area contributed by atoms with Crippen LogP contribution in [0, 0.1) is 0 Å². The maximum absolute atomic E-state index is 4.14. The molecule has 0 aromatic carbocycles. The number of hydrogen-bond donors (Lipinski definition) is 0. The summed E-state index contributed by atoms with van der Waals surface area (Å²) in [5.41, 5.74) is 0. The van der Waals surface area contributed by atoms with Crippen LogP contribution in [0.2, 0.25) is 0 Å². The topological polar surface area (TPSA) is 0 Å². The second-order valence-electron chi connectivity index (χ2n) is 2.31. The molecule has 0 aromatic heterocycles. The van der Waals surface area contributed by atoms with E-state index in [4.69, 9.17) is 0 Å². The number of allylic oxidation sites excluding steroid dienone is 8. The Balaban J connectivity index is 0.000000112. The Morgan fingerprint density at radius 3 is 1.91 bits per heavy atom. The molecule has 0 amide bonds. The van der Waals surface area contributed by atoms with Crippen LogP contribution in [0.3, 0.4) is 0 Å². The van der Waals surface area contributed by atoms with E-state index in [1.165, 1.54) is 0 Å². The van der Waals surface area contributed by atoms with Gasteiger partial charge in [0, 0.05) is 0 Å². The average molecular weight is 190 g/mol. The Hall–Kier alpha value is -0.534. The summed E-state index contributed by atoms with van der Waals surface area (Å²) in [4.78, 5) is 0. The fourth-order valence-corrected chi connectivity index (χ4v) is 1.03. The molecule has 0 atom stereocenters. The van der Waals surface area contributed by atoms with Crippen molar-refractivity contribution in [3.63, 3.8) is 0 Å². The van der Waals surface area contributed by atoms with Crippen molar-refractivity contribution in [3.05, 3.63) is 47.0 Å². The quantitative estimate of drug-likeness (QED) is 0.551. The van der Waals surface area contributed by atoms with Gasteiger partial charge in [-0.15, -0.1) is 0 Å². The third kappa shape index (κ3) is 4.01. The van der Waals surface area contributed by atoms with Crippen molar-refractivity contribution in [2.45, 2.75) is 12.8 Å². The van der Waals surface area contributed by atoms with E-state index < -0.39 is 0 Å². The third-order valence-electron chi connectivity index (χ3n) is 1.36. The van der Waals surface area contributed by atoms with Gasteiger partial charge in [0.15, 0.2) is 0 Å². The summed E-state index contributed by atoms with van der Waals surface area (Å²) in [5.74, 6) is 0. The molecule has 1 heteroatoms. The van der Waals surface area contributed by atoms with Crippen molar-refractivity contribution >= 4 is 0 Å². The first kappa shape index (κ1) is 8.56. The Kier molecular flexibility index (Phi) is 4.02. The van der Waals surface area contributed by atoms with Crippen LogP contribution in [0.5, 0.6) is 0 Å². The molecule has 0 bridgehead atoms.